The smallest absolute Gasteiger partial charge is 0.136 e. The Balaban J connectivity index is 1.15. The number of rotatable bonds is 6. The van der Waals surface area contributed by atoms with Gasteiger partial charge < -0.3 is 9.32 Å². The van der Waals surface area contributed by atoms with E-state index in [1.54, 1.807) is 0 Å². The maximum absolute atomic E-state index is 6.69. The predicted octanol–water partition coefficient (Wildman–Crippen LogP) is 14.4. The first-order chi connectivity index (χ1) is 25.8. The zero-order valence-corrected chi connectivity index (χ0v) is 28.4. The molecule has 52 heavy (non-hydrogen) atoms. The predicted molar refractivity (Wildman–Crippen MR) is 220 cm³/mol. The summed E-state index contributed by atoms with van der Waals surface area (Å²) >= 11 is 0. The van der Waals surface area contributed by atoms with Gasteiger partial charge in [0.2, 0.25) is 0 Å². The van der Waals surface area contributed by atoms with Crippen molar-refractivity contribution in [2.75, 3.05) is 4.90 Å². The second-order valence-corrected chi connectivity index (χ2v) is 13.3. The molecule has 0 aliphatic rings. The molecular formula is C50H33NO. The van der Waals surface area contributed by atoms with E-state index in [1.165, 1.54) is 54.9 Å². The average molecular weight is 664 g/mol. The maximum Gasteiger partial charge on any atom is 0.136 e. The molecular weight excluding hydrogens is 631 g/mol. The van der Waals surface area contributed by atoms with Crippen molar-refractivity contribution in [3.05, 3.63) is 200 Å². The van der Waals surface area contributed by atoms with Crippen molar-refractivity contribution in [3.63, 3.8) is 0 Å². The lowest BCUT2D eigenvalue weighted by Gasteiger charge is -2.26. The molecule has 0 fully saturated rings. The highest BCUT2D eigenvalue weighted by atomic mass is 16.3. The zero-order valence-electron chi connectivity index (χ0n) is 28.4. The molecule has 244 valence electrons. The SMILES string of the molecule is c1ccc(-c2ccc(N(c3ccc(-c4ccccc4)cc3)c3ccc4oc5cc(-c6cccc7ccccc67)c6ccccc6c5c4c3)cc2)cc1. The van der Waals surface area contributed by atoms with Crippen LogP contribution in [0.4, 0.5) is 17.1 Å². The van der Waals surface area contributed by atoms with E-state index in [1.807, 2.05) is 0 Å². The van der Waals surface area contributed by atoms with Crippen LogP contribution in [0.15, 0.2) is 205 Å². The first-order valence-electron chi connectivity index (χ1n) is 17.8. The third kappa shape index (κ3) is 5.12. The summed E-state index contributed by atoms with van der Waals surface area (Å²) < 4.78 is 6.69. The van der Waals surface area contributed by atoms with Gasteiger partial charge >= 0.3 is 0 Å². The van der Waals surface area contributed by atoms with Gasteiger partial charge in [0.1, 0.15) is 11.2 Å². The Bertz CT molecular complexity index is 2780. The third-order valence-electron chi connectivity index (χ3n) is 10.3. The Kier molecular flexibility index (Phi) is 7.18. The van der Waals surface area contributed by atoms with Crippen LogP contribution < -0.4 is 4.90 Å². The fraction of sp³-hybridized carbons (Fsp3) is 0. The van der Waals surface area contributed by atoms with Gasteiger partial charge in [0.15, 0.2) is 0 Å². The van der Waals surface area contributed by atoms with Gasteiger partial charge in [-0.25, -0.2) is 0 Å². The molecule has 0 unspecified atom stereocenters. The van der Waals surface area contributed by atoms with Crippen LogP contribution in [0.5, 0.6) is 0 Å². The summed E-state index contributed by atoms with van der Waals surface area (Å²) in [4.78, 5) is 2.34. The number of furan rings is 1. The lowest BCUT2D eigenvalue weighted by atomic mass is 9.92. The Morgan fingerprint density at radius 1 is 0.308 bits per heavy atom. The molecule has 0 atom stereocenters. The molecule has 10 aromatic rings. The standard InChI is InChI=1S/C50H33NO/c1-3-12-34(13-4-1)36-22-26-39(27-23-36)51(40-28-24-37(25-29-40)35-14-5-2-6-15-35)41-30-31-48-47(32-41)50-45-20-10-9-19-44(45)46(33-49(50)52-48)43-21-11-17-38-16-7-8-18-42(38)43/h1-33H. The quantitative estimate of drug-likeness (QED) is 0.176. The van der Waals surface area contributed by atoms with Crippen LogP contribution in [0.3, 0.4) is 0 Å². The second-order valence-electron chi connectivity index (χ2n) is 13.3. The number of hydrogen-bond acceptors (Lipinski definition) is 2. The maximum atomic E-state index is 6.69. The van der Waals surface area contributed by atoms with E-state index < -0.39 is 0 Å². The number of fused-ring (bicyclic) bond motifs is 6. The molecule has 0 N–H and O–H groups in total. The third-order valence-corrected chi connectivity index (χ3v) is 10.3. The molecule has 0 aliphatic heterocycles. The van der Waals surface area contributed by atoms with Crippen LogP contribution in [-0.2, 0) is 0 Å². The van der Waals surface area contributed by atoms with Gasteiger partial charge in [-0.15, -0.1) is 0 Å². The minimum absolute atomic E-state index is 0.873. The lowest BCUT2D eigenvalue weighted by Crippen LogP contribution is -2.09. The molecule has 1 aromatic heterocycles. The van der Waals surface area contributed by atoms with Crippen molar-refractivity contribution in [1.29, 1.82) is 0 Å². The Morgan fingerprint density at radius 3 is 1.48 bits per heavy atom. The van der Waals surface area contributed by atoms with Gasteiger partial charge in [-0.3, -0.25) is 0 Å². The van der Waals surface area contributed by atoms with E-state index in [-0.39, 0.29) is 0 Å². The van der Waals surface area contributed by atoms with Crippen molar-refractivity contribution >= 4 is 60.5 Å². The van der Waals surface area contributed by atoms with Crippen molar-refractivity contribution in [2.45, 2.75) is 0 Å². The second kappa shape index (κ2) is 12.5. The molecule has 1 heterocycles. The van der Waals surface area contributed by atoms with Crippen LogP contribution in [-0.4, -0.2) is 0 Å². The first-order valence-corrected chi connectivity index (χ1v) is 17.8. The average Bonchev–Trinajstić information content (AvgIpc) is 3.60. The van der Waals surface area contributed by atoms with Crippen LogP contribution in [0.1, 0.15) is 0 Å². The molecule has 0 spiro atoms. The van der Waals surface area contributed by atoms with E-state index in [9.17, 15) is 0 Å². The summed E-state index contributed by atoms with van der Waals surface area (Å²) in [6, 6.07) is 71.5. The fourth-order valence-electron chi connectivity index (χ4n) is 7.77. The summed E-state index contributed by atoms with van der Waals surface area (Å²) in [5.74, 6) is 0. The molecule has 0 amide bonds. The molecule has 10 rings (SSSR count). The number of benzene rings is 9. The molecule has 2 heteroatoms. The van der Waals surface area contributed by atoms with E-state index in [2.05, 4.69) is 205 Å². The Morgan fingerprint density at radius 2 is 0.827 bits per heavy atom. The topological polar surface area (TPSA) is 16.4 Å². The van der Waals surface area contributed by atoms with Gasteiger partial charge in [-0.05, 0) is 103 Å². The summed E-state index contributed by atoms with van der Waals surface area (Å²) in [5, 5.41) is 7.09. The normalized spacial score (nSPS) is 11.5. The zero-order chi connectivity index (χ0) is 34.4. The van der Waals surface area contributed by atoms with Gasteiger partial charge in [0.05, 0.1) is 0 Å². The van der Waals surface area contributed by atoms with Crippen molar-refractivity contribution in [3.8, 4) is 33.4 Å². The largest absolute Gasteiger partial charge is 0.456 e. The molecule has 0 saturated carbocycles. The lowest BCUT2D eigenvalue weighted by molar-refractivity contribution is 0.669. The molecule has 9 aromatic carbocycles. The Hall–Kier alpha value is -6.90. The van der Waals surface area contributed by atoms with Gasteiger partial charge in [0, 0.05) is 27.8 Å². The highest BCUT2D eigenvalue weighted by molar-refractivity contribution is 6.23. The molecule has 2 nitrogen and oxygen atoms in total. The first kappa shape index (κ1) is 30.0. The Labute approximate surface area is 302 Å². The monoisotopic (exact) mass is 663 g/mol. The summed E-state index contributed by atoms with van der Waals surface area (Å²) in [5.41, 5.74) is 12.2. The van der Waals surface area contributed by atoms with Crippen LogP contribution >= 0.6 is 0 Å². The minimum Gasteiger partial charge on any atom is -0.456 e. The van der Waals surface area contributed by atoms with E-state index in [0.717, 1.165) is 39.0 Å². The van der Waals surface area contributed by atoms with Crippen LogP contribution in [0.25, 0.3) is 76.9 Å². The summed E-state index contributed by atoms with van der Waals surface area (Å²) in [6.07, 6.45) is 0. The van der Waals surface area contributed by atoms with Crippen LogP contribution in [0, 0.1) is 0 Å². The number of anilines is 3. The van der Waals surface area contributed by atoms with Crippen molar-refractivity contribution in [2.24, 2.45) is 0 Å². The van der Waals surface area contributed by atoms with E-state index >= 15 is 0 Å². The number of nitrogens with zero attached hydrogens (tertiary/aromatic N) is 1. The molecule has 0 radical (unpaired) electrons. The van der Waals surface area contributed by atoms with Crippen molar-refractivity contribution < 1.29 is 4.42 Å². The molecule has 0 bridgehead atoms. The highest BCUT2D eigenvalue weighted by Gasteiger charge is 2.19. The number of hydrogen-bond donors (Lipinski definition) is 0. The van der Waals surface area contributed by atoms with E-state index in [0.29, 0.717) is 0 Å². The molecule has 0 aliphatic carbocycles. The van der Waals surface area contributed by atoms with Gasteiger partial charge in [-0.1, -0.05) is 152 Å². The van der Waals surface area contributed by atoms with Crippen LogP contribution in [0.2, 0.25) is 0 Å². The van der Waals surface area contributed by atoms with Gasteiger partial charge in [0.25, 0.3) is 0 Å². The molecule has 0 saturated heterocycles. The summed E-state index contributed by atoms with van der Waals surface area (Å²) in [7, 11) is 0. The summed E-state index contributed by atoms with van der Waals surface area (Å²) in [6.45, 7) is 0. The van der Waals surface area contributed by atoms with Crippen molar-refractivity contribution in [1.82, 2.24) is 0 Å². The minimum atomic E-state index is 0.873. The fourth-order valence-corrected chi connectivity index (χ4v) is 7.77. The highest BCUT2D eigenvalue weighted by Crippen LogP contribution is 2.44. The van der Waals surface area contributed by atoms with Gasteiger partial charge in [-0.2, -0.15) is 0 Å². The van der Waals surface area contributed by atoms with E-state index in [4.69, 9.17) is 4.42 Å².